The Morgan fingerprint density at radius 1 is 1.17 bits per heavy atom. The predicted molar refractivity (Wildman–Crippen MR) is 114 cm³/mol. The molecule has 1 aromatic carbocycles. The van der Waals surface area contributed by atoms with Gasteiger partial charge in [0.05, 0.1) is 22.4 Å². The maximum absolute atomic E-state index is 12.9. The number of ether oxygens (including phenoxy) is 1. The van der Waals surface area contributed by atoms with Crippen LogP contribution in [0.1, 0.15) is 45.4 Å². The van der Waals surface area contributed by atoms with Gasteiger partial charge in [0.2, 0.25) is 0 Å². The van der Waals surface area contributed by atoms with E-state index in [-0.39, 0.29) is 11.9 Å². The molecule has 8 heteroatoms. The quantitative estimate of drug-likeness (QED) is 0.640. The summed E-state index contributed by atoms with van der Waals surface area (Å²) < 4.78 is 4.98. The van der Waals surface area contributed by atoms with Crippen LogP contribution in [0.5, 0.6) is 0 Å². The summed E-state index contributed by atoms with van der Waals surface area (Å²) in [6.07, 6.45) is 3.88. The monoisotopic (exact) mass is 410 g/mol. The average molecular weight is 410 g/mol. The number of esters is 1. The number of amides is 1. The van der Waals surface area contributed by atoms with Crippen LogP contribution < -0.4 is 10.2 Å². The highest BCUT2D eigenvalue weighted by molar-refractivity contribution is 7.20. The fourth-order valence-electron chi connectivity index (χ4n) is 3.53. The van der Waals surface area contributed by atoms with Gasteiger partial charge in [0.1, 0.15) is 17.0 Å². The highest BCUT2D eigenvalue weighted by atomic mass is 32.1. The smallest absolute Gasteiger partial charge is 0.338 e. The third-order valence-electron chi connectivity index (χ3n) is 4.97. The van der Waals surface area contributed by atoms with Gasteiger partial charge < -0.3 is 15.0 Å². The highest BCUT2D eigenvalue weighted by Gasteiger charge is 2.23. The molecule has 0 atom stereocenters. The number of benzene rings is 1. The van der Waals surface area contributed by atoms with E-state index in [4.69, 9.17) is 4.74 Å². The number of carbonyl (C=O) groups excluding carboxylic acids is 2. The Balaban J connectivity index is 1.58. The fourth-order valence-corrected chi connectivity index (χ4v) is 4.57. The first kappa shape index (κ1) is 19.3. The summed E-state index contributed by atoms with van der Waals surface area (Å²) in [4.78, 5) is 37.2. The van der Waals surface area contributed by atoms with Crippen LogP contribution in [0.4, 0.5) is 11.5 Å². The number of hydrogen-bond acceptors (Lipinski definition) is 7. The van der Waals surface area contributed by atoms with Crippen LogP contribution in [0, 0.1) is 6.92 Å². The molecule has 0 saturated carbocycles. The molecule has 1 saturated heterocycles. The van der Waals surface area contributed by atoms with Gasteiger partial charge in [-0.3, -0.25) is 4.79 Å². The molecule has 7 nitrogen and oxygen atoms in total. The highest BCUT2D eigenvalue weighted by Crippen LogP contribution is 2.36. The van der Waals surface area contributed by atoms with Gasteiger partial charge in [-0.25, -0.2) is 14.8 Å². The Kier molecular flexibility index (Phi) is 5.44. The molecule has 0 unspecified atom stereocenters. The van der Waals surface area contributed by atoms with Gasteiger partial charge in [0, 0.05) is 18.8 Å². The summed E-state index contributed by atoms with van der Waals surface area (Å²) >= 11 is 1.37. The number of nitrogens with zero attached hydrogens (tertiary/aromatic N) is 3. The summed E-state index contributed by atoms with van der Waals surface area (Å²) in [5, 5.41) is 3.87. The second-order valence-electron chi connectivity index (χ2n) is 6.88. The van der Waals surface area contributed by atoms with Gasteiger partial charge in [0.25, 0.3) is 5.91 Å². The summed E-state index contributed by atoms with van der Waals surface area (Å²) in [6, 6.07) is 6.68. The van der Waals surface area contributed by atoms with Crippen molar-refractivity contribution in [2.45, 2.75) is 26.7 Å². The van der Waals surface area contributed by atoms with Crippen molar-refractivity contribution in [2.75, 3.05) is 29.9 Å². The molecular formula is C21H22N4O3S. The zero-order chi connectivity index (χ0) is 20.4. The first-order chi connectivity index (χ1) is 14.1. The summed E-state index contributed by atoms with van der Waals surface area (Å²) in [5.74, 6) is 0.347. The molecule has 0 bridgehead atoms. The van der Waals surface area contributed by atoms with Gasteiger partial charge in [-0.05, 0) is 56.5 Å². The molecule has 1 aliphatic heterocycles. The van der Waals surface area contributed by atoms with Gasteiger partial charge in [-0.2, -0.15) is 0 Å². The SMILES string of the molecule is CCOC(=O)c1ccc(NC(=O)c2sc3ncnc(N4CCCC4)c3c2C)cc1. The zero-order valence-corrected chi connectivity index (χ0v) is 17.2. The molecule has 3 heterocycles. The van der Waals surface area contributed by atoms with Crippen molar-refractivity contribution < 1.29 is 14.3 Å². The lowest BCUT2D eigenvalue weighted by atomic mass is 10.1. The molecule has 1 N–H and O–H groups in total. The molecule has 3 aromatic rings. The maximum atomic E-state index is 12.9. The predicted octanol–water partition coefficient (Wildman–Crippen LogP) is 4.03. The van der Waals surface area contributed by atoms with E-state index >= 15 is 0 Å². The number of aryl methyl sites for hydroxylation is 1. The lowest BCUT2D eigenvalue weighted by Gasteiger charge is -2.17. The van der Waals surface area contributed by atoms with E-state index in [2.05, 4.69) is 20.2 Å². The van der Waals surface area contributed by atoms with Crippen LogP contribution in [0.25, 0.3) is 10.2 Å². The van der Waals surface area contributed by atoms with E-state index in [9.17, 15) is 9.59 Å². The lowest BCUT2D eigenvalue weighted by molar-refractivity contribution is 0.0526. The zero-order valence-electron chi connectivity index (χ0n) is 16.4. The molecule has 0 radical (unpaired) electrons. The molecule has 150 valence electrons. The molecule has 4 rings (SSSR count). The van der Waals surface area contributed by atoms with Crippen LogP contribution in [0.2, 0.25) is 0 Å². The molecule has 2 aromatic heterocycles. The minimum absolute atomic E-state index is 0.193. The number of thiophene rings is 1. The second kappa shape index (κ2) is 8.16. The second-order valence-corrected chi connectivity index (χ2v) is 7.88. The molecular weight excluding hydrogens is 388 g/mol. The van der Waals surface area contributed by atoms with Gasteiger partial charge in [0.15, 0.2) is 0 Å². The van der Waals surface area contributed by atoms with Crippen LogP contribution in [0.3, 0.4) is 0 Å². The number of carbonyl (C=O) groups is 2. The van der Waals surface area contributed by atoms with E-state index in [1.54, 1.807) is 37.5 Å². The number of fused-ring (bicyclic) bond motifs is 1. The van der Waals surface area contributed by atoms with Crippen molar-refractivity contribution in [1.29, 1.82) is 0 Å². The lowest BCUT2D eigenvalue weighted by Crippen LogP contribution is -2.19. The van der Waals surface area contributed by atoms with Crippen molar-refractivity contribution in [3.05, 3.63) is 46.6 Å². The Labute approximate surface area is 172 Å². The van der Waals surface area contributed by atoms with Gasteiger partial charge >= 0.3 is 5.97 Å². The van der Waals surface area contributed by atoms with Gasteiger partial charge in [-0.1, -0.05) is 0 Å². The molecule has 0 spiro atoms. The minimum atomic E-state index is -0.376. The first-order valence-electron chi connectivity index (χ1n) is 9.66. The number of hydrogen-bond donors (Lipinski definition) is 1. The maximum Gasteiger partial charge on any atom is 0.338 e. The topological polar surface area (TPSA) is 84.4 Å². The Morgan fingerprint density at radius 2 is 1.90 bits per heavy atom. The number of nitrogens with one attached hydrogen (secondary N) is 1. The number of anilines is 2. The van der Waals surface area contributed by atoms with Crippen LogP contribution >= 0.6 is 11.3 Å². The van der Waals surface area contributed by atoms with E-state index in [0.717, 1.165) is 47.5 Å². The molecule has 1 fully saturated rings. The first-order valence-corrected chi connectivity index (χ1v) is 10.5. The summed E-state index contributed by atoms with van der Waals surface area (Å²) in [5.41, 5.74) is 1.97. The molecule has 0 aliphatic carbocycles. The number of aromatic nitrogens is 2. The Bertz CT molecular complexity index is 1060. The average Bonchev–Trinajstić information content (AvgIpc) is 3.37. The van der Waals surface area contributed by atoms with Crippen molar-refractivity contribution in [3.8, 4) is 0 Å². The van der Waals surface area contributed by atoms with E-state index in [1.807, 2.05) is 6.92 Å². The van der Waals surface area contributed by atoms with E-state index in [1.165, 1.54) is 11.3 Å². The number of rotatable bonds is 5. The molecule has 1 amide bonds. The van der Waals surface area contributed by atoms with Crippen molar-refractivity contribution in [2.24, 2.45) is 0 Å². The van der Waals surface area contributed by atoms with E-state index in [0.29, 0.717) is 22.7 Å². The van der Waals surface area contributed by atoms with E-state index < -0.39 is 0 Å². The fraction of sp³-hybridized carbons (Fsp3) is 0.333. The largest absolute Gasteiger partial charge is 0.462 e. The third-order valence-corrected chi connectivity index (χ3v) is 6.17. The van der Waals surface area contributed by atoms with Crippen molar-refractivity contribution in [1.82, 2.24) is 9.97 Å². The minimum Gasteiger partial charge on any atom is -0.462 e. The van der Waals surface area contributed by atoms with Crippen molar-refractivity contribution >= 4 is 44.9 Å². The molecule has 29 heavy (non-hydrogen) atoms. The third kappa shape index (κ3) is 3.80. The molecule has 1 aliphatic rings. The standard InChI is InChI=1S/C21H22N4O3S/c1-3-28-21(27)14-6-8-15(9-7-14)24-19(26)17-13(2)16-18(25-10-4-5-11-25)22-12-23-20(16)29-17/h6-9,12H,3-5,10-11H2,1-2H3,(H,24,26). The van der Waals surface area contributed by atoms with Crippen LogP contribution in [0.15, 0.2) is 30.6 Å². The summed E-state index contributed by atoms with van der Waals surface area (Å²) in [7, 11) is 0. The van der Waals surface area contributed by atoms with Crippen molar-refractivity contribution in [3.63, 3.8) is 0 Å². The Hall–Kier alpha value is -3.00. The van der Waals surface area contributed by atoms with Crippen LogP contribution in [-0.4, -0.2) is 41.5 Å². The Morgan fingerprint density at radius 3 is 2.59 bits per heavy atom. The van der Waals surface area contributed by atoms with Crippen LogP contribution in [-0.2, 0) is 4.74 Å². The van der Waals surface area contributed by atoms with Gasteiger partial charge in [-0.15, -0.1) is 11.3 Å². The summed E-state index contributed by atoms with van der Waals surface area (Å²) in [6.45, 7) is 6.00. The normalized spacial score (nSPS) is 13.7.